The molecule has 0 radical (unpaired) electrons. The van der Waals surface area contributed by atoms with E-state index in [0.717, 1.165) is 28.8 Å². The SMILES string of the molecule is CCC(C)c1cccc2nc(-c3ccc(-c4ccc(-n5c6ccccc6c6ccccc65)cc4)cc3)oc12. The van der Waals surface area contributed by atoms with Gasteiger partial charge in [0.25, 0.3) is 0 Å². The molecule has 2 aromatic heterocycles. The summed E-state index contributed by atoms with van der Waals surface area (Å²) in [4.78, 5) is 4.78. The minimum Gasteiger partial charge on any atom is -0.436 e. The fourth-order valence-corrected chi connectivity index (χ4v) is 5.51. The van der Waals surface area contributed by atoms with Gasteiger partial charge in [-0.15, -0.1) is 0 Å². The topological polar surface area (TPSA) is 31.0 Å². The van der Waals surface area contributed by atoms with Crippen LogP contribution in [0.25, 0.3) is 61.2 Å². The number of hydrogen-bond acceptors (Lipinski definition) is 2. The highest BCUT2D eigenvalue weighted by molar-refractivity contribution is 6.09. The van der Waals surface area contributed by atoms with Gasteiger partial charge in [-0.25, -0.2) is 4.98 Å². The van der Waals surface area contributed by atoms with Crippen molar-refractivity contribution in [2.24, 2.45) is 0 Å². The minimum atomic E-state index is 0.437. The van der Waals surface area contributed by atoms with E-state index in [4.69, 9.17) is 9.40 Å². The van der Waals surface area contributed by atoms with E-state index in [1.807, 2.05) is 6.07 Å². The zero-order valence-electron chi connectivity index (χ0n) is 21.6. The molecule has 184 valence electrons. The van der Waals surface area contributed by atoms with Gasteiger partial charge in [0.1, 0.15) is 5.52 Å². The summed E-state index contributed by atoms with van der Waals surface area (Å²) in [6.07, 6.45) is 1.07. The van der Waals surface area contributed by atoms with Crippen molar-refractivity contribution in [2.75, 3.05) is 0 Å². The Bertz CT molecular complexity index is 1850. The van der Waals surface area contributed by atoms with Crippen LogP contribution in [-0.2, 0) is 0 Å². The van der Waals surface area contributed by atoms with E-state index in [0.29, 0.717) is 11.8 Å². The second-order valence-corrected chi connectivity index (χ2v) is 10.0. The fraction of sp³-hybridized carbons (Fsp3) is 0.114. The summed E-state index contributed by atoms with van der Waals surface area (Å²) in [6, 6.07) is 40.8. The molecule has 0 fully saturated rings. The van der Waals surface area contributed by atoms with Crippen LogP contribution in [0, 0.1) is 0 Å². The van der Waals surface area contributed by atoms with Gasteiger partial charge in [-0.05, 0) is 71.5 Å². The van der Waals surface area contributed by atoms with Crippen LogP contribution in [0.4, 0.5) is 0 Å². The van der Waals surface area contributed by atoms with Crippen molar-refractivity contribution in [3.05, 3.63) is 121 Å². The van der Waals surface area contributed by atoms with E-state index < -0.39 is 0 Å². The maximum atomic E-state index is 6.27. The van der Waals surface area contributed by atoms with Crippen LogP contribution >= 0.6 is 0 Å². The monoisotopic (exact) mass is 492 g/mol. The van der Waals surface area contributed by atoms with Gasteiger partial charge in [0.15, 0.2) is 5.58 Å². The van der Waals surface area contributed by atoms with Crippen LogP contribution in [0.1, 0.15) is 31.7 Å². The molecule has 0 amide bonds. The third-order valence-corrected chi connectivity index (χ3v) is 7.76. The van der Waals surface area contributed by atoms with Crippen molar-refractivity contribution in [3.63, 3.8) is 0 Å². The molecule has 2 heterocycles. The Kier molecular flexibility index (Phi) is 5.36. The van der Waals surface area contributed by atoms with Crippen molar-refractivity contribution in [1.82, 2.24) is 9.55 Å². The number of oxazole rings is 1. The second-order valence-electron chi connectivity index (χ2n) is 10.0. The van der Waals surface area contributed by atoms with Gasteiger partial charge in [0.2, 0.25) is 5.89 Å². The summed E-state index contributed by atoms with van der Waals surface area (Å²) in [5.74, 6) is 1.11. The molecule has 0 bridgehead atoms. The van der Waals surface area contributed by atoms with Gasteiger partial charge < -0.3 is 8.98 Å². The Labute approximate surface area is 222 Å². The van der Waals surface area contributed by atoms with Crippen LogP contribution in [-0.4, -0.2) is 9.55 Å². The fourth-order valence-electron chi connectivity index (χ4n) is 5.51. The predicted molar refractivity (Wildman–Crippen MR) is 158 cm³/mol. The molecule has 0 aliphatic carbocycles. The smallest absolute Gasteiger partial charge is 0.227 e. The molecule has 7 rings (SSSR count). The van der Waals surface area contributed by atoms with E-state index in [1.165, 1.54) is 38.5 Å². The van der Waals surface area contributed by atoms with Gasteiger partial charge >= 0.3 is 0 Å². The molecule has 7 aromatic rings. The van der Waals surface area contributed by atoms with Crippen molar-refractivity contribution < 1.29 is 4.42 Å². The van der Waals surface area contributed by atoms with Crippen LogP contribution in [0.15, 0.2) is 120 Å². The first-order chi connectivity index (χ1) is 18.7. The van der Waals surface area contributed by atoms with E-state index in [9.17, 15) is 0 Å². The van der Waals surface area contributed by atoms with Gasteiger partial charge in [-0.2, -0.15) is 0 Å². The van der Waals surface area contributed by atoms with E-state index in [1.54, 1.807) is 0 Å². The lowest BCUT2D eigenvalue weighted by atomic mass is 9.98. The number of nitrogens with zero attached hydrogens (tertiary/aromatic N) is 2. The van der Waals surface area contributed by atoms with E-state index in [2.05, 4.69) is 128 Å². The molecule has 0 spiro atoms. The zero-order chi connectivity index (χ0) is 25.6. The van der Waals surface area contributed by atoms with Crippen molar-refractivity contribution in [1.29, 1.82) is 0 Å². The minimum absolute atomic E-state index is 0.437. The lowest BCUT2D eigenvalue weighted by Crippen LogP contribution is -1.93. The number of para-hydroxylation sites is 3. The lowest BCUT2D eigenvalue weighted by Gasteiger charge is -2.09. The Morgan fingerprint density at radius 1 is 0.658 bits per heavy atom. The molecule has 0 saturated carbocycles. The van der Waals surface area contributed by atoms with E-state index in [-0.39, 0.29) is 0 Å². The highest BCUT2D eigenvalue weighted by atomic mass is 16.3. The third kappa shape index (κ3) is 3.62. The summed E-state index contributed by atoms with van der Waals surface area (Å²) in [6.45, 7) is 4.44. The number of rotatable bonds is 5. The second kappa shape index (κ2) is 9.04. The van der Waals surface area contributed by atoms with Crippen LogP contribution in [0.3, 0.4) is 0 Å². The molecule has 1 unspecified atom stereocenters. The Balaban J connectivity index is 1.22. The normalized spacial score (nSPS) is 12.5. The van der Waals surface area contributed by atoms with Crippen LogP contribution < -0.4 is 0 Å². The molecule has 0 aliphatic rings. The zero-order valence-corrected chi connectivity index (χ0v) is 21.6. The average molecular weight is 493 g/mol. The number of aromatic nitrogens is 2. The quantitative estimate of drug-likeness (QED) is 0.239. The van der Waals surface area contributed by atoms with Gasteiger partial charge in [0, 0.05) is 22.0 Å². The third-order valence-electron chi connectivity index (χ3n) is 7.76. The van der Waals surface area contributed by atoms with Gasteiger partial charge in [-0.1, -0.05) is 86.6 Å². The Morgan fingerprint density at radius 2 is 1.24 bits per heavy atom. The molecule has 0 aliphatic heterocycles. The first-order valence-corrected chi connectivity index (χ1v) is 13.3. The summed E-state index contributed by atoms with van der Waals surface area (Å²) >= 11 is 0. The highest BCUT2D eigenvalue weighted by Gasteiger charge is 2.15. The van der Waals surface area contributed by atoms with E-state index >= 15 is 0 Å². The van der Waals surface area contributed by atoms with Crippen molar-refractivity contribution >= 4 is 32.9 Å². The summed E-state index contributed by atoms with van der Waals surface area (Å²) in [5.41, 5.74) is 9.99. The summed E-state index contributed by atoms with van der Waals surface area (Å²) < 4.78 is 8.61. The Morgan fingerprint density at radius 3 is 1.87 bits per heavy atom. The molecule has 3 nitrogen and oxygen atoms in total. The first-order valence-electron chi connectivity index (χ1n) is 13.3. The maximum Gasteiger partial charge on any atom is 0.227 e. The molecule has 5 aromatic carbocycles. The number of benzene rings is 5. The molecule has 3 heteroatoms. The van der Waals surface area contributed by atoms with Crippen LogP contribution in [0.2, 0.25) is 0 Å². The van der Waals surface area contributed by atoms with Crippen molar-refractivity contribution in [3.8, 4) is 28.3 Å². The number of fused-ring (bicyclic) bond motifs is 4. The molecular formula is C35H28N2O. The van der Waals surface area contributed by atoms with Gasteiger partial charge in [0.05, 0.1) is 11.0 Å². The Hall–Kier alpha value is -4.63. The predicted octanol–water partition coefficient (Wildman–Crippen LogP) is 9.77. The lowest BCUT2D eigenvalue weighted by molar-refractivity contribution is 0.606. The average Bonchev–Trinajstić information content (AvgIpc) is 3.57. The first kappa shape index (κ1) is 22.6. The summed E-state index contributed by atoms with van der Waals surface area (Å²) in [7, 11) is 0. The molecule has 0 N–H and O–H groups in total. The van der Waals surface area contributed by atoms with Crippen LogP contribution in [0.5, 0.6) is 0 Å². The van der Waals surface area contributed by atoms with Gasteiger partial charge in [-0.3, -0.25) is 0 Å². The summed E-state index contributed by atoms with van der Waals surface area (Å²) in [5, 5.41) is 2.55. The number of hydrogen-bond donors (Lipinski definition) is 0. The molecule has 1 atom stereocenters. The van der Waals surface area contributed by atoms with Crippen molar-refractivity contribution in [2.45, 2.75) is 26.2 Å². The molecule has 0 saturated heterocycles. The maximum absolute atomic E-state index is 6.27. The standard InChI is InChI=1S/C35H28N2O/c1-3-23(2)28-11-8-12-31-34(28)38-35(36-31)26-17-15-24(16-18-26)25-19-21-27(22-20-25)37-32-13-6-4-9-29(32)30-10-5-7-14-33(30)37/h4-23H,3H2,1-2H3. The molecule has 38 heavy (non-hydrogen) atoms. The largest absolute Gasteiger partial charge is 0.436 e. The molecular weight excluding hydrogens is 464 g/mol. The highest BCUT2D eigenvalue weighted by Crippen LogP contribution is 2.34.